The molecule has 0 unspecified atom stereocenters. The van der Waals surface area contributed by atoms with Crippen molar-refractivity contribution in [2.45, 2.75) is 25.9 Å². The van der Waals surface area contributed by atoms with Crippen LogP contribution in [0.2, 0.25) is 0 Å². The third kappa shape index (κ3) is 6.51. The average Bonchev–Trinajstić information content (AvgIpc) is 2.73. The van der Waals surface area contributed by atoms with E-state index in [1.807, 2.05) is 0 Å². The first kappa shape index (κ1) is 23.2. The minimum atomic E-state index is -4.84. The van der Waals surface area contributed by atoms with Crippen LogP contribution < -0.4 is 15.4 Å². The third-order valence-corrected chi connectivity index (χ3v) is 4.20. The number of aliphatic hydroxyl groups excluding tert-OH is 1. The summed E-state index contributed by atoms with van der Waals surface area (Å²) in [6.07, 6.45) is -4.84. The normalized spacial score (nSPS) is 12.3. The predicted molar refractivity (Wildman–Crippen MR) is 108 cm³/mol. The van der Waals surface area contributed by atoms with Gasteiger partial charge in [0.15, 0.2) is 11.6 Å². The van der Waals surface area contributed by atoms with Gasteiger partial charge in [0.25, 0.3) is 0 Å². The van der Waals surface area contributed by atoms with E-state index in [1.165, 1.54) is 24.3 Å². The van der Waals surface area contributed by atoms with Crippen molar-refractivity contribution in [3.05, 3.63) is 65.7 Å². The Bertz CT molecular complexity index is 1080. The van der Waals surface area contributed by atoms with Crippen LogP contribution in [0.15, 0.2) is 48.5 Å². The Kier molecular flexibility index (Phi) is 7.08. The molecule has 3 rings (SSSR count). The van der Waals surface area contributed by atoms with Crippen LogP contribution in [0.1, 0.15) is 12.5 Å². The maximum Gasteiger partial charge on any atom is 0.573 e. The molecule has 170 valence electrons. The standard InChI is InChI=1S/C21H19F5N4O2/c1-12(11-31)28-20-29-18(14-3-2-4-15(8-14)32-21(24,25)26)9-19(30-20)27-10-13-5-6-16(22)17(23)7-13/h2-9,12,31H,10-11H2,1H3,(H2,27,28,29,30)/t12-/m0/s1. The predicted octanol–water partition coefficient (Wildman–Crippen LogP) is 4.73. The highest BCUT2D eigenvalue weighted by Crippen LogP contribution is 2.29. The van der Waals surface area contributed by atoms with Gasteiger partial charge in [0, 0.05) is 24.2 Å². The molecule has 11 heteroatoms. The first-order valence-electron chi connectivity index (χ1n) is 9.43. The van der Waals surface area contributed by atoms with Gasteiger partial charge >= 0.3 is 6.36 Å². The molecule has 2 aromatic carbocycles. The Balaban J connectivity index is 1.90. The highest BCUT2D eigenvalue weighted by molar-refractivity contribution is 5.66. The summed E-state index contributed by atoms with van der Waals surface area (Å²) in [5.41, 5.74) is 1.04. The minimum Gasteiger partial charge on any atom is -0.406 e. The molecule has 3 aromatic rings. The molecule has 0 saturated heterocycles. The van der Waals surface area contributed by atoms with Crippen LogP contribution in [0.3, 0.4) is 0 Å². The summed E-state index contributed by atoms with van der Waals surface area (Å²) >= 11 is 0. The Hall–Kier alpha value is -3.47. The zero-order valence-corrected chi connectivity index (χ0v) is 16.8. The number of ether oxygens (including phenoxy) is 1. The summed E-state index contributed by atoms with van der Waals surface area (Å²) in [5.74, 6) is -1.99. The van der Waals surface area contributed by atoms with Gasteiger partial charge in [0.05, 0.1) is 12.3 Å². The number of nitrogens with one attached hydrogen (secondary N) is 2. The topological polar surface area (TPSA) is 79.3 Å². The molecule has 0 aliphatic carbocycles. The highest BCUT2D eigenvalue weighted by Gasteiger charge is 2.31. The van der Waals surface area contributed by atoms with E-state index in [1.54, 1.807) is 13.0 Å². The molecular weight excluding hydrogens is 435 g/mol. The number of rotatable bonds is 8. The molecule has 3 N–H and O–H groups in total. The molecule has 0 aliphatic heterocycles. The number of anilines is 2. The van der Waals surface area contributed by atoms with Crippen LogP contribution in [-0.2, 0) is 6.54 Å². The Morgan fingerprint density at radius 2 is 1.81 bits per heavy atom. The van der Waals surface area contributed by atoms with Gasteiger partial charge in [-0.3, -0.25) is 0 Å². The second kappa shape index (κ2) is 9.77. The number of halogens is 5. The van der Waals surface area contributed by atoms with Gasteiger partial charge in [-0.2, -0.15) is 4.98 Å². The van der Waals surface area contributed by atoms with Crippen LogP contribution in [-0.4, -0.2) is 34.1 Å². The molecule has 1 heterocycles. The molecule has 6 nitrogen and oxygen atoms in total. The summed E-state index contributed by atoms with van der Waals surface area (Å²) in [6.45, 7) is 1.57. The van der Waals surface area contributed by atoms with Gasteiger partial charge in [-0.15, -0.1) is 13.2 Å². The van der Waals surface area contributed by atoms with Crippen LogP contribution in [0.25, 0.3) is 11.3 Å². The molecule has 0 amide bonds. The largest absolute Gasteiger partial charge is 0.573 e. The zero-order chi connectivity index (χ0) is 23.3. The lowest BCUT2D eigenvalue weighted by Gasteiger charge is -2.15. The van der Waals surface area contributed by atoms with E-state index in [9.17, 15) is 27.1 Å². The molecule has 1 aromatic heterocycles. The molecule has 1 atom stereocenters. The second-order valence-corrected chi connectivity index (χ2v) is 6.87. The molecule has 0 radical (unpaired) electrons. The van der Waals surface area contributed by atoms with Crippen LogP contribution >= 0.6 is 0 Å². The summed E-state index contributed by atoms with van der Waals surface area (Å²) < 4.78 is 68.2. The summed E-state index contributed by atoms with van der Waals surface area (Å²) in [7, 11) is 0. The molecule has 0 spiro atoms. The zero-order valence-electron chi connectivity index (χ0n) is 16.8. The number of aromatic nitrogens is 2. The number of nitrogens with zero attached hydrogens (tertiary/aromatic N) is 2. The first-order chi connectivity index (χ1) is 15.1. The Labute approximate surface area is 180 Å². The third-order valence-electron chi connectivity index (χ3n) is 4.20. The highest BCUT2D eigenvalue weighted by atomic mass is 19.4. The fourth-order valence-electron chi connectivity index (χ4n) is 2.71. The first-order valence-corrected chi connectivity index (χ1v) is 9.43. The number of alkyl halides is 3. The van der Waals surface area contributed by atoms with Gasteiger partial charge in [0.1, 0.15) is 11.6 Å². The lowest BCUT2D eigenvalue weighted by atomic mass is 10.1. The van der Waals surface area contributed by atoms with Crippen LogP contribution in [0.4, 0.5) is 33.7 Å². The van der Waals surface area contributed by atoms with Gasteiger partial charge in [-0.1, -0.05) is 18.2 Å². The van der Waals surface area contributed by atoms with E-state index < -0.39 is 29.8 Å². The Morgan fingerprint density at radius 1 is 1.03 bits per heavy atom. The second-order valence-electron chi connectivity index (χ2n) is 6.87. The molecule has 0 fully saturated rings. The fraction of sp³-hybridized carbons (Fsp3) is 0.238. The van der Waals surface area contributed by atoms with E-state index in [0.29, 0.717) is 11.1 Å². The van der Waals surface area contributed by atoms with Crippen LogP contribution in [0, 0.1) is 11.6 Å². The average molecular weight is 454 g/mol. The van der Waals surface area contributed by atoms with E-state index in [0.717, 1.165) is 18.2 Å². The quantitative estimate of drug-likeness (QED) is 0.428. The molecule has 0 saturated carbocycles. The SMILES string of the molecule is C[C@@H](CO)Nc1nc(NCc2ccc(F)c(F)c2)cc(-c2cccc(OC(F)(F)F)c2)n1. The van der Waals surface area contributed by atoms with Crippen molar-refractivity contribution in [2.24, 2.45) is 0 Å². The van der Waals surface area contributed by atoms with Gasteiger partial charge in [-0.05, 0) is 36.8 Å². The van der Waals surface area contributed by atoms with Gasteiger partial charge in [0.2, 0.25) is 5.95 Å². The fourth-order valence-corrected chi connectivity index (χ4v) is 2.71. The summed E-state index contributed by atoms with van der Waals surface area (Å²) in [6, 6.07) is 9.79. The monoisotopic (exact) mass is 454 g/mol. The number of benzene rings is 2. The maximum absolute atomic E-state index is 13.4. The number of hydrogen-bond acceptors (Lipinski definition) is 6. The Morgan fingerprint density at radius 3 is 2.50 bits per heavy atom. The lowest BCUT2D eigenvalue weighted by Crippen LogP contribution is -2.21. The van der Waals surface area contributed by atoms with Crippen molar-refractivity contribution in [2.75, 3.05) is 17.2 Å². The van der Waals surface area contributed by atoms with E-state index in [-0.39, 0.29) is 30.6 Å². The van der Waals surface area contributed by atoms with Crippen molar-refractivity contribution < 1.29 is 31.8 Å². The summed E-state index contributed by atoms with van der Waals surface area (Å²) in [4.78, 5) is 8.55. The number of aliphatic hydroxyl groups is 1. The molecule has 32 heavy (non-hydrogen) atoms. The smallest absolute Gasteiger partial charge is 0.406 e. The minimum absolute atomic E-state index is 0.0971. The van der Waals surface area contributed by atoms with E-state index >= 15 is 0 Å². The van der Waals surface area contributed by atoms with Crippen molar-refractivity contribution in [1.82, 2.24) is 9.97 Å². The van der Waals surface area contributed by atoms with E-state index in [4.69, 9.17) is 0 Å². The summed E-state index contributed by atoms with van der Waals surface area (Å²) in [5, 5.41) is 15.1. The molecule has 0 bridgehead atoms. The van der Waals surface area contributed by atoms with Crippen molar-refractivity contribution in [3.63, 3.8) is 0 Å². The maximum atomic E-state index is 13.4. The van der Waals surface area contributed by atoms with E-state index in [2.05, 4.69) is 25.3 Å². The van der Waals surface area contributed by atoms with Gasteiger partial charge < -0.3 is 20.5 Å². The molecule has 0 aliphatic rings. The van der Waals surface area contributed by atoms with Crippen molar-refractivity contribution in [1.29, 1.82) is 0 Å². The van der Waals surface area contributed by atoms with Crippen molar-refractivity contribution >= 4 is 11.8 Å². The van der Waals surface area contributed by atoms with Gasteiger partial charge in [-0.25, -0.2) is 13.8 Å². The van der Waals surface area contributed by atoms with Crippen molar-refractivity contribution in [3.8, 4) is 17.0 Å². The lowest BCUT2D eigenvalue weighted by molar-refractivity contribution is -0.274. The van der Waals surface area contributed by atoms with Crippen LogP contribution in [0.5, 0.6) is 5.75 Å². The number of hydrogen-bond donors (Lipinski definition) is 3. The molecular formula is C21H19F5N4O2.